The predicted octanol–water partition coefficient (Wildman–Crippen LogP) is 3.32. The predicted molar refractivity (Wildman–Crippen MR) is 87.7 cm³/mol. The van der Waals surface area contributed by atoms with Crippen molar-refractivity contribution >= 4 is 11.5 Å². The standard InChI is InChI=1S/C17H18FN5O/c1-10(16-12(18)4-3-5-13(16)24-2)19-14-8-9-15-20-21-17(11-6-7-11)23(15)22-14/h3-5,8-11H,6-7H2,1-2H3,(H,19,22)/t10-/m1/s1. The van der Waals surface area contributed by atoms with Crippen molar-refractivity contribution in [1.29, 1.82) is 0 Å². The lowest BCUT2D eigenvalue weighted by Gasteiger charge is -2.18. The van der Waals surface area contributed by atoms with Crippen molar-refractivity contribution in [3.8, 4) is 5.75 Å². The maximum Gasteiger partial charge on any atom is 0.178 e. The molecule has 3 aromatic rings. The van der Waals surface area contributed by atoms with Crippen LogP contribution in [0.1, 0.15) is 43.1 Å². The van der Waals surface area contributed by atoms with E-state index in [0.717, 1.165) is 24.3 Å². The summed E-state index contributed by atoms with van der Waals surface area (Å²) in [7, 11) is 1.54. The lowest BCUT2D eigenvalue weighted by atomic mass is 10.1. The van der Waals surface area contributed by atoms with Crippen LogP contribution in [0.3, 0.4) is 0 Å². The van der Waals surface area contributed by atoms with Crippen LogP contribution in [0.25, 0.3) is 5.65 Å². The molecule has 0 unspecified atom stereocenters. The van der Waals surface area contributed by atoms with Gasteiger partial charge in [-0.1, -0.05) is 6.07 Å². The molecule has 124 valence electrons. The van der Waals surface area contributed by atoms with Crippen LogP contribution in [-0.4, -0.2) is 26.9 Å². The van der Waals surface area contributed by atoms with Gasteiger partial charge in [0.25, 0.3) is 0 Å². The first-order valence-electron chi connectivity index (χ1n) is 7.98. The Kier molecular flexibility index (Phi) is 3.55. The summed E-state index contributed by atoms with van der Waals surface area (Å²) in [5, 5.41) is 16.2. The molecule has 1 N–H and O–H groups in total. The number of halogens is 1. The van der Waals surface area contributed by atoms with E-state index in [-0.39, 0.29) is 11.9 Å². The van der Waals surface area contributed by atoms with Crippen LogP contribution in [0.15, 0.2) is 30.3 Å². The van der Waals surface area contributed by atoms with Gasteiger partial charge in [0.2, 0.25) is 0 Å². The van der Waals surface area contributed by atoms with E-state index in [1.165, 1.54) is 13.2 Å². The summed E-state index contributed by atoms with van der Waals surface area (Å²) in [5.74, 6) is 2.19. The fourth-order valence-corrected chi connectivity index (χ4v) is 2.89. The molecule has 24 heavy (non-hydrogen) atoms. The number of nitrogens with one attached hydrogen (secondary N) is 1. The molecule has 4 rings (SSSR count). The zero-order valence-corrected chi connectivity index (χ0v) is 13.5. The molecule has 0 spiro atoms. The van der Waals surface area contributed by atoms with Gasteiger partial charge < -0.3 is 10.1 Å². The Balaban J connectivity index is 1.65. The van der Waals surface area contributed by atoms with Gasteiger partial charge in [0.1, 0.15) is 17.4 Å². The quantitative estimate of drug-likeness (QED) is 0.779. The molecule has 1 atom stereocenters. The number of fused-ring (bicyclic) bond motifs is 1. The topological polar surface area (TPSA) is 64.3 Å². The van der Waals surface area contributed by atoms with E-state index in [9.17, 15) is 4.39 Å². The molecule has 6 nitrogen and oxygen atoms in total. The van der Waals surface area contributed by atoms with E-state index in [0.29, 0.717) is 23.0 Å². The smallest absolute Gasteiger partial charge is 0.178 e. The average molecular weight is 327 g/mol. The summed E-state index contributed by atoms with van der Waals surface area (Å²) in [4.78, 5) is 0. The Morgan fingerprint density at radius 1 is 1.25 bits per heavy atom. The second kappa shape index (κ2) is 5.74. The molecule has 1 aromatic carbocycles. The minimum atomic E-state index is -0.307. The van der Waals surface area contributed by atoms with Gasteiger partial charge in [0.05, 0.1) is 18.7 Å². The summed E-state index contributed by atoms with van der Waals surface area (Å²) in [6.45, 7) is 1.88. The van der Waals surface area contributed by atoms with Crippen molar-refractivity contribution in [3.63, 3.8) is 0 Å². The molecule has 0 amide bonds. The van der Waals surface area contributed by atoms with E-state index >= 15 is 0 Å². The van der Waals surface area contributed by atoms with Crippen LogP contribution in [0.4, 0.5) is 10.2 Å². The number of benzene rings is 1. The normalized spacial score (nSPS) is 15.5. The third-order valence-corrected chi connectivity index (χ3v) is 4.26. The minimum Gasteiger partial charge on any atom is -0.496 e. The van der Waals surface area contributed by atoms with Gasteiger partial charge >= 0.3 is 0 Å². The SMILES string of the molecule is COc1cccc(F)c1[C@@H](C)Nc1ccc2nnc(C3CC3)n2n1. The van der Waals surface area contributed by atoms with Crippen LogP contribution >= 0.6 is 0 Å². The number of hydrogen-bond donors (Lipinski definition) is 1. The average Bonchev–Trinajstić information content (AvgIpc) is 3.34. The Hall–Kier alpha value is -2.70. The fourth-order valence-electron chi connectivity index (χ4n) is 2.89. The molecule has 7 heteroatoms. The van der Waals surface area contributed by atoms with E-state index in [2.05, 4.69) is 20.6 Å². The molecular weight excluding hydrogens is 309 g/mol. The van der Waals surface area contributed by atoms with Crippen molar-refractivity contribution in [3.05, 3.63) is 47.5 Å². The molecule has 2 aromatic heterocycles. The van der Waals surface area contributed by atoms with Gasteiger partial charge in [-0.25, -0.2) is 4.39 Å². The second-order valence-electron chi connectivity index (χ2n) is 6.04. The molecule has 1 saturated carbocycles. The van der Waals surface area contributed by atoms with Crippen LogP contribution in [0, 0.1) is 5.82 Å². The summed E-state index contributed by atoms with van der Waals surface area (Å²) in [5.41, 5.74) is 1.20. The van der Waals surface area contributed by atoms with E-state index < -0.39 is 0 Å². The zero-order valence-electron chi connectivity index (χ0n) is 13.5. The molecule has 1 aliphatic carbocycles. The van der Waals surface area contributed by atoms with Crippen molar-refractivity contribution in [2.75, 3.05) is 12.4 Å². The Bertz CT molecular complexity index is 890. The lowest BCUT2D eigenvalue weighted by Crippen LogP contribution is -2.12. The van der Waals surface area contributed by atoms with Crippen molar-refractivity contribution in [2.24, 2.45) is 0 Å². The number of aromatic nitrogens is 4. The third-order valence-electron chi connectivity index (χ3n) is 4.26. The molecule has 2 heterocycles. The summed E-state index contributed by atoms with van der Waals surface area (Å²) in [6, 6.07) is 8.19. The molecule has 0 aliphatic heterocycles. The maximum atomic E-state index is 14.2. The molecule has 0 saturated heterocycles. The highest BCUT2D eigenvalue weighted by atomic mass is 19.1. The van der Waals surface area contributed by atoms with E-state index in [4.69, 9.17) is 4.74 Å². The second-order valence-corrected chi connectivity index (χ2v) is 6.04. The Morgan fingerprint density at radius 2 is 2.08 bits per heavy atom. The lowest BCUT2D eigenvalue weighted by molar-refractivity contribution is 0.402. The zero-order chi connectivity index (χ0) is 16.7. The number of ether oxygens (including phenoxy) is 1. The van der Waals surface area contributed by atoms with Gasteiger partial charge in [0.15, 0.2) is 11.5 Å². The van der Waals surface area contributed by atoms with E-state index in [1.807, 2.05) is 19.1 Å². The number of hydrogen-bond acceptors (Lipinski definition) is 5. The largest absolute Gasteiger partial charge is 0.496 e. The molecule has 0 radical (unpaired) electrons. The van der Waals surface area contributed by atoms with Crippen molar-refractivity contribution in [1.82, 2.24) is 19.8 Å². The maximum absolute atomic E-state index is 14.2. The summed E-state index contributed by atoms with van der Waals surface area (Å²) >= 11 is 0. The molecule has 0 bridgehead atoms. The van der Waals surface area contributed by atoms with Crippen LogP contribution in [-0.2, 0) is 0 Å². The van der Waals surface area contributed by atoms with Crippen molar-refractivity contribution < 1.29 is 9.13 Å². The number of methoxy groups -OCH3 is 1. The van der Waals surface area contributed by atoms with Gasteiger partial charge in [-0.15, -0.1) is 15.3 Å². The minimum absolute atomic E-state index is 0.299. The Morgan fingerprint density at radius 3 is 2.83 bits per heavy atom. The number of nitrogens with zero attached hydrogens (tertiary/aromatic N) is 4. The van der Waals surface area contributed by atoms with Gasteiger partial charge in [0, 0.05) is 5.92 Å². The first-order valence-corrected chi connectivity index (χ1v) is 7.98. The van der Waals surface area contributed by atoms with Gasteiger partial charge in [-0.2, -0.15) is 4.52 Å². The highest BCUT2D eigenvalue weighted by Crippen LogP contribution is 2.38. The van der Waals surface area contributed by atoms with Crippen LogP contribution in [0.5, 0.6) is 5.75 Å². The third kappa shape index (κ3) is 2.55. The monoisotopic (exact) mass is 327 g/mol. The molecule has 1 fully saturated rings. The summed E-state index contributed by atoms with van der Waals surface area (Å²) in [6.07, 6.45) is 2.26. The highest BCUT2D eigenvalue weighted by molar-refractivity contribution is 5.47. The Labute approximate surface area is 138 Å². The first kappa shape index (κ1) is 14.9. The molecular formula is C17H18FN5O. The van der Waals surface area contributed by atoms with E-state index in [1.54, 1.807) is 16.6 Å². The number of rotatable bonds is 5. The van der Waals surface area contributed by atoms with Gasteiger partial charge in [-0.3, -0.25) is 0 Å². The van der Waals surface area contributed by atoms with Crippen molar-refractivity contribution in [2.45, 2.75) is 31.7 Å². The number of anilines is 1. The molecule has 1 aliphatic rings. The fraction of sp³-hybridized carbons (Fsp3) is 0.353. The van der Waals surface area contributed by atoms with Crippen LogP contribution < -0.4 is 10.1 Å². The highest BCUT2D eigenvalue weighted by Gasteiger charge is 2.29. The van der Waals surface area contributed by atoms with Gasteiger partial charge in [-0.05, 0) is 44.0 Å². The van der Waals surface area contributed by atoms with Crippen LogP contribution in [0.2, 0.25) is 0 Å². The first-order chi connectivity index (χ1) is 11.7. The summed E-state index contributed by atoms with van der Waals surface area (Å²) < 4.78 is 21.3.